The van der Waals surface area contributed by atoms with E-state index in [-0.39, 0.29) is 5.75 Å². The number of nitrogens with one attached hydrogen (secondary N) is 1. The molecule has 6 nitrogen and oxygen atoms in total. The average Bonchev–Trinajstić information content (AvgIpc) is 2.96. The molecule has 0 aliphatic rings. The van der Waals surface area contributed by atoms with Crippen molar-refractivity contribution in [3.8, 4) is 5.75 Å². The van der Waals surface area contributed by atoms with E-state index in [4.69, 9.17) is 4.74 Å². The van der Waals surface area contributed by atoms with Gasteiger partial charge in [0.2, 0.25) is 5.91 Å². The monoisotopic (exact) mass is 376 g/mol. The summed E-state index contributed by atoms with van der Waals surface area (Å²) in [6.07, 6.45) is 0. The molecule has 2 aromatic carbocycles. The number of fused-ring (bicyclic) bond motifs is 1. The molecule has 0 spiro atoms. The van der Waals surface area contributed by atoms with Crippen LogP contribution >= 0.6 is 11.3 Å². The number of benzene rings is 2. The first-order chi connectivity index (χ1) is 12.0. The minimum absolute atomic E-state index is 0.172. The number of amides is 1. The SMILES string of the molecule is COc1cccc2sc(NC(=O)CS(=O)(=O)Cc3ccccc3)nc12. The highest BCUT2D eigenvalue weighted by atomic mass is 32.2. The number of hydrogen-bond acceptors (Lipinski definition) is 6. The van der Waals surface area contributed by atoms with Gasteiger partial charge in [-0.1, -0.05) is 47.7 Å². The van der Waals surface area contributed by atoms with E-state index in [1.807, 2.05) is 18.2 Å². The first kappa shape index (κ1) is 17.4. The van der Waals surface area contributed by atoms with Gasteiger partial charge in [0.15, 0.2) is 15.0 Å². The van der Waals surface area contributed by atoms with Crippen molar-refractivity contribution in [3.05, 3.63) is 54.1 Å². The van der Waals surface area contributed by atoms with Crippen LogP contribution in [-0.4, -0.2) is 32.2 Å². The summed E-state index contributed by atoms with van der Waals surface area (Å²) in [5, 5.41) is 2.90. The molecule has 3 aromatic rings. The van der Waals surface area contributed by atoms with E-state index in [0.717, 1.165) is 4.70 Å². The minimum Gasteiger partial charge on any atom is -0.494 e. The summed E-state index contributed by atoms with van der Waals surface area (Å²) < 4.78 is 30.4. The highest BCUT2D eigenvalue weighted by Crippen LogP contribution is 2.32. The first-order valence-corrected chi connectivity index (χ1v) is 10.1. The molecule has 0 unspecified atom stereocenters. The summed E-state index contributed by atoms with van der Waals surface area (Å²) in [5.41, 5.74) is 1.29. The Morgan fingerprint density at radius 1 is 1.16 bits per heavy atom. The topological polar surface area (TPSA) is 85.4 Å². The Hall–Kier alpha value is -2.45. The maximum atomic E-state index is 12.2. The molecular weight excluding hydrogens is 360 g/mol. The van der Waals surface area contributed by atoms with Gasteiger partial charge in [-0.25, -0.2) is 13.4 Å². The highest BCUT2D eigenvalue weighted by Gasteiger charge is 2.19. The van der Waals surface area contributed by atoms with Crippen molar-refractivity contribution >= 4 is 42.4 Å². The molecule has 1 aromatic heterocycles. The third-order valence-corrected chi connectivity index (χ3v) is 5.84. The molecule has 3 rings (SSSR count). The van der Waals surface area contributed by atoms with Gasteiger partial charge in [0.1, 0.15) is 17.0 Å². The van der Waals surface area contributed by atoms with Crippen LogP contribution in [0.25, 0.3) is 10.2 Å². The number of carbonyl (C=O) groups is 1. The molecule has 8 heteroatoms. The van der Waals surface area contributed by atoms with Crippen LogP contribution in [0.2, 0.25) is 0 Å². The highest BCUT2D eigenvalue weighted by molar-refractivity contribution is 7.91. The fourth-order valence-electron chi connectivity index (χ4n) is 2.38. The fourth-order valence-corrected chi connectivity index (χ4v) is 4.55. The van der Waals surface area contributed by atoms with Crippen LogP contribution in [-0.2, 0) is 20.4 Å². The number of rotatable bonds is 6. The molecule has 0 bridgehead atoms. The second-order valence-electron chi connectivity index (χ2n) is 5.39. The number of ether oxygens (including phenoxy) is 1. The normalized spacial score (nSPS) is 11.4. The lowest BCUT2D eigenvalue weighted by Gasteiger charge is -2.04. The third-order valence-electron chi connectivity index (χ3n) is 3.43. The molecule has 0 saturated carbocycles. The van der Waals surface area contributed by atoms with E-state index in [1.165, 1.54) is 11.3 Å². The lowest BCUT2D eigenvalue weighted by atomic mass is 10.2. The summed E-state index contributed by atoms with van der Waals surface area (Å²) in [6, 6.07) is 14.2. The number of para-hydroxylation sites is 1. The van der Waals surface area contributed by atoms with E-state index in [1.54, 1.807) is 37.4 Å². The second-order valence-corrected chi connectivity index (χ2v) is 8.49. The van der Waals surface area contributed by atoms with Crippen molar-refractivity contribution in [1.82, 2.24) is 4.98 Å². The van der Waals surface area contributed by atoms with Crippen molar-refractivity contribution in [3.63, 3.8) is 0 Å². The third kappa shape index (κ3) is 4.34. The lowest BCUT2D eigenvalue weighted by molar-refractivity contribution is -0.113. The number of hydrogen-bond donors (Lipinski definition) is 1. The van der Waals surface area contributed by atoms with E-state index in [2.05, 4.69) is 10.3 Å². The predicted octanol–water partition coefficient (Wildman–Crippen LogP) is 2.86. The summed E-state index contributed by atoms with van der Waals surface area (Å²) in [4.78, 5) is 16.4. The van der Waals surface area contributed by atoms with Crippen LogP contribution in [0.5, 0.6) is 5.75 Å². The van der Waals surface area contributed by atoms with Crippen LogP contribution in [0.3, 0.4) is 0 Å². The van der Waals surface area contributed by atoms with Crippen molar-refractivity contribution in [2.45, 2.75) is 5.75 Å². The maximum Gasteiger partial charge on any atom is 0.241 e. The Labute approximate surface area is 149 Å². The van der Waals surface area contributed by atoms with Gasteiger partial charge in [-0.3, -0.25) is 4.79 Å². The molecule has 130 valence electrons. The number of anilines is 1. The molecule has 0 atom stereocenters. The Balaban J connectivity index is 1.70. The smallest absolute Gasteiger partial charge is 0.241 e. The summed E-state index contributed by atoms with van der Waals surface area (Å²) in [6.45, 7) is 0. The van der Waals surface area contributed by atoms with Crippen LogP contribution in [0, 0.1) is 0 Å². The van der Waals surface area contributed by atoms with Crippen LogP contribution in [0.4, 0.5) is 5.13 Å². The van der Waals surface area contributed by atoms with Gasteiger partial charge in [0.05, 0.1) is 17.6 Å². The van der Waals surface area contributed by atoms with Gasteiger partial charge in [0, 0.05) is 0 Å². The number of aromatic nitrogens is 1. The maximum absolute atomic E-state index is 12.2. The van der Waals surface area contributed by atoms with E-state index in [0.29, 0.717) is 22.0 Å². The zero-order chi connectivity index (χ0) is 17.9. The summed E-state index contributed by atoms with van der Waals surface area (Å²) >= 11 is 1.27. The zero-order valence-electron chi connectivity index (χ0n) is 13.4. The van der Waals surface area contributed by atoms with Crippen molar-refractivity contribution in [1.29, 1.82) is 0 Å². The number of methoxy groups -OCH3 is 1. The first-order valence-electron chi connectivity index (χ1n) is 7.44. The molecule has 1 amide bonds. The Morgan fingerprint density at radius 2 is 1.92 bits per heavy atom. The fraction of sp³-hybridized carbons (Fsp3) is 0.176. The predicted molar refractivity (Wildman–Crippen MR) is 98.7 cm³/mol. The molecule has 1 heterocycles. The van der Waals surface area contributed by atoms with Gasteiger partial charge in [-0.15, -0.1) is 0 Å². The molecule has 0 aliphatic carbocycles. The molecule has 25 heavy (non-hydrogen) atoms. The minimum atomic E-state index is -3.56. The molecule has 0 saturated heterocycles. The molecular formula is C17H16N2O4S2. The van der Waals surface area contributed by atoms with Crippen LogP contribution in [0.15, 0.2) is 48.5 Å². The second kappa shape index (κ2) is 7.20. The van der Waals surface area contributed by atoms with E-state index in [9.17, 15) is 13.2 Å². The van der Waals surface area contributed by atoms with Crippen molar-refractivity contribution in [2.24, 2.45) is 0 Å². The van der Waals surface area contributed by atoms with Crippen LogP contribution < -0.4 is 10.1 Å². The van der Waals surface area contributed by atoms with Crippen LogP contribution in [0.1, 0.15) is 5.56 Å². The van der Waals surface area contributed by atoms with E-state index < -0.39 is 21.5 Å². The summed E-state index contributed by atoms with van der Waals surface area (Å²) in [5.74, 6) is -0.760. The Morgan fingerprint density at radius 3 is 2.64 bits per heavy atom. The van der Waals surface area contributed by atoms with Gasteiger partial charge >= 0.3 is 0 Å². The molecule has 1 N–H and O–H groups in total. The van der Waals surface area contributed by atoms with Crippen molar-refractivity contribution < 1.29 is 17.9 Å². The Bertz CT molecular complexity index is 998. The number of sulfone groups is 1. The lowest BCUT2D eigenvalue weighted by Crippen LogP contribution is -2.23. The quantitative estimate of drug-likeness (QED) is 0.715. The largest absolute Gasteiger partial charge is 0.494 e. The molecule has 0 radical (unpaired) electrons. The zero-order valence-corrected chi connectivity index (χ0v) is 15.1. The average molecular weight is 376 g/mol. The van der Waals surface area contributed by atoms with Gasteiger partial charge in [-0.2, -0.15) is 0 Å². The molecule has 0 fully saturated rings. The summed E-state index contributed by atoms with van der Waals surface area (Å²) in [7, 11) is -2.01. The Kier molecular flexibility index (Phi) is 5.00. The van der Waals surface area contributed by atoms with E-state index >= 15 is 0 Å². The van der Waals surface area contributed by atoms with Crippen molar-refractivity contribution in [2.75, 3.05) is 18.2 Å². The standard InChI is InChI=1S/C17H16N2O4S2/c1-23-13-8-5-9-14-16(13)19-17(24-14)18-15(20)11-25(21,22)10-12-6-3-2-4-7-12/h2-9H,10-11H2,1H3,(H,18,19,20). The number of nitrogens with zero attached hydrogens (tertiary/aromatic N) is 1. The van der Waals surface area contributed by atoms with Gasteiger partial charge < -0.3 is 10.1 Å². The number of carbonyl (C=O) groups excluding carboxylic acids is 1. The van der Waals surface area contributed by atoms with Gasteiger partial charge in [-0.05, 0) is 17.7 Å². The van der Waals surface area contributed by atoms with Gasteiger partial charge in [0.25, 0.3) is 0 Å². The molecule has 0 aliphatic heterocycles. The number of thiazole rings is 1.